The fourth-order valence-corrected chi connectivity index (χ4v) is 2.20. The first-order chi connectivity index (χ1) is 11.8. The second-order valence-corrected chi connectivity index (χ2v) is 5.26. The Labute approximate surface area is 155 Å². The predicted octanol–water partition coefficient (Wildman–Crippen LogP) is 2.58. The van der Waals surface area contributed by atoms with E-state index in [2.05, 4.69) is 10.6 Å². The van der Waals surface area contributed by atoms with Gasteiger partial charge in [0.15, 0.2) is 0 Å². The second-order valence-electron chi connectivity index (χ2n) is 5.26. The number of benzene rings is 2. The molecule has 6 heteroatoms. The summed E-state index contributed by atoms with van der Waals surface area (Å²) in [5, 5.41) is 6.10. The number of hydrogen-bond donors (Lipinski definition) is 2. The summed E-state index contributed by atoms with van der Waals surface area (Å²) in [5.41, 5.74) is 0.825. The minimum absolute atomic E-state index is 0. The third kappa shape index (κ3) is 7.56. The minimum Gasteiger partial charge on any atom is -0.476 e. The van der Waals surface area contributed by atoms with Crippen LogP contribution in [0.2, 0.25) is 0 Å². The van der Waals surface area contributed by atoms with Crippen molar-refractivity contribution in [3.8, 4) is 5.75 Å². The largest absolute Gasteiger partial charge is 0.476 e. The number of carbonyl (C=O) groups excluding carboxylic acids is 1. The molecule has 0 heterocycles. The molecule has 2 N–H and O–H groups in total. The van der Waals surface area contributed by atoms with Crippen LogP contribution in [0, 0.1) is 0 Å². The van der Waals surface area contributed by atoms with Gasteiger partial charge in [0.25, 0.3) is 5.91 Å². The van der Waals surface area contributed by atoms with E-state index in [1.165, 1.54) is 0 Å². The molecule has 2 rings (SSSR count). The van der Waals surface area contributed by atoms with Crippen molar-refractivity contribution in [3.05, 3.63) is 66.2 Å². The lowest BCUT2D eigenvalue weighted by Crippen LogP contribution is -2.37. The standard InChI is InChI=1S/C19H24N2O3.ClH/c1-23-15-14-20-12-13-21-19(22)18(16-8-4-2-5-9-16)24-17-10-6-3-7-11-17;/h2-11,18,20H,12-15H2,1H3,(H,21,22);1H. The monoisotopic (exact) mass is 364 g/mol. The van der Waals surface area contributed by atoms with Gasteiger partial charge in [0.1, 0.15) is 5.75 Å². The molecular weight excluding hydrogens is 340 g/mol. The molecule has 0 radical (unpaired) electrons. The zero-order valence-corrected chi connectivity index (χ0v) is 15.1. The normalized spacial score (nSPS) is 11.2. The summed E-state index contributed by atoms with van der Waals surface area (Å²) in [6.45, 7) is 2.62. The predicted molar refractivity (Wildman–Crippen MR) is 101 cm³/mol. The van der Waals surface area contributed by atoms with Gasteiger partial charge >= 0.3 is 0 Å². The van der Waals surface area contributed by atoms with E-state index >= 15 is 0 Å². The molecule has 0 saturated heterocycles. The highest BCUT2D eigenvalue weighted by Gasteiger charge is 2.22. The van der Waals surface area contributed by atoms with Crippen molar-refractivity contribution in [3.63, 3.8) is 0 Å². The van der Waals surface area contributed by atoms with Crippen LogP contribution in [-0.4, -0.2) is 39.3 Å². The molecule has 25 heavy (non-hydrogen) atoms. The number of ether oxygens (including phenoxy) is 2. The van der Waals surface area contributed by atoms with Gasteiger partial charge in [-0.25, -0.2) is 0 Å². The number of carbonyl (C=O) groups is 1. The second kappa shape index (κ2) is 12.3. The molecule has 0 saturated carbocycles. The van der Waals surface area contributed by atoms with Crippen LogP contribution in [-0.2, 0) is 9.53 Å². The third-order valence-corrected chi connectivity index (χ3v) is 3.42. The van der Waals surface area contributed by atoms with Gasteiger partial charge in [0.05, 0.1) is 6.61 Å². The van der Waals surface area contributed by atoms with Gasteiger partial charge < -0.3 is 20.1 Å². The van der Waals surface area contributed by atoms with E-state index in [1.54, 1.807) is 7.11 Å². The molecule has 0 aliphatic heterocycles. The average Bonchev–Trinajstić information content (AvgIpc) is 2.64. The number of amides is 1. The highest BCUT2D eigenvalue weighted by atomic mass is 35.5. The van der Waals surface area contributed by atoms with E-state index in [-0.39, 0.29) is 18.3 Å². The molecule has 5 nitrogen and oxygen atoms in total. The fraction of sp³-hybridized carbons (Fsp3) is 0.316. The molecule has 2 aromatic rings. The average molecular weight is 365 g/mol. The molecule has 1 amide bonds. The molecule has 0 aliphatic rings. The van der Waals surface area contributed by atoms with Crippen molar-refractivity contribution in [2.24, 2.45) is 0 Å². The van der Waals surface area contributed by atoms with Gasteiger partial charge in [-0.1, -0.05) is 48.5 Å². The summed E-state index contributed by atoms with van der Waals surface area (Å²) in [5.74, 6) is 0.512. The van der Waals surface area contributed by atoms with Crippen LogP contribution < -0.4 is 15.4 Å². The number of para-hydroxylation sites is 1. The Bertz CT molecular complexity index is 596. The highest BCUT2D eigenvalue weighted by Crippen LogP contribution is 2.21. The Morgan fingerprint density at radius 1 is 0.960 bits per heavy atom. The highest BCUT2D eigenvalue weighted by molar-refractivity contribution is 5.85. The first-order valence-electron chi connectivity index (χ1n) is 8.05. The molecule has 1 unspecified atom stereocenters. The molecule has 0 fully saturated rings. The number of hydrogen-bond acceptors (Lipinski definition) is 4. The third-order valence-electron chi connectivity index (χ3n) is 3.42. The van der Waals surface area contributed by atoms with Crippen molar-refractivity contribution >= 4 is 18.3 Å². The first-order valence-corrected chi connectivity index (χ1v) is 8.05. The van der Waals surface area contributed by atoms with Crippen LogP contribution in [0.5, 0.6) is 5.75 Å². The lowest BCUT2D eigenvalue weighted by molar-refractivity contribution is -0.128. The van der Waals surface area contributed by atoms with Crippen molar-refractivity contribution in [1.29, 1.82) is 0 Å². The Morgan fingerprint density at radius 3 is 2.24 bits per heavy atom. The summed E-state index contributed by atoms with van der Waals surface area (Å²) >= 11 is 0. The molecule has 1 atom stereocenters. The fourth-order valence-electron chi connectivity index (χ4n) is 2.20. The van der Waals surface area contributed by atoms with Crippen LogP contribution >= 0.6 is 12.4 Å². The van der Waals surface area contributed by atoms with Crippen LogP contribution in [0.15, 0.2) is 60.7 Å². The summed E-state index contributed by atoms with van der Waals surface area (Å²) in [6, 6.07) is 18.9. The minimum atomic E-state index is -0.674. The van der Waals surface area contributed by atoms with Crippen LogP contribution in [0.1, 0.15) is 11.7 Å². The van der Waals surface area contributed by atoms with Gasteiger partial charge in [-0.15, -0.1) is 12.4 Å². The topological polar surface area (TPSA) is 59.6 Å². The molecular formula is C19H25ClN2O3. The summed E-state index contributed by atoms with van der Waals surface area (Å²) in [7, 11) is 1.66. The van der Waals surface area contributed by atoms with Crippen molar-refractivity contribution in [1.82, 2.24) is 10.6 Å². The molecule has 0 bridgehead atoms. The van der Waals surface area contributed by atoms with Crippen LogP contribution in [0.3, 0.4) is 0 Å². The maximum Gasteiger partial charge on any atom is 0.265 e. The van der Waals surface area contributed by atoms with E-state index < -0.39 is 6.10 Å². The first kappa shape index (κ1) is 21.0. The zero-order chi connectivity index (χ0) is 17.0. The van der Waals surface area contributed by atoms with Crippen molar-refractivity contribution < 1.29 is 14.3 Å². The summed E-state index contributed by atoms with van der Waals surface area (Å²) < 4.78 is 10.9. The Morgan fingerprint density at radius 2 is 1.60 bits per heavy atom. The maximum atomic E-state index is 12.5. The summed E-state index contributed by atoms with van der Waals surface area (Å²) in [4.78, 5) is 12.5. The Balaban J connectivity index is 0.00000312. The molecule has 0 spiro atoms. The SMILES string of the molecule is COCCNCCNC(=O)C(Oc1ccccc1)c1ccccc1.Cl. The lowest BCUT2D eigenvalue weighted by Gasteiger charge is -2.19. The number of methoxy groups -OCH3 is 1. The number of nitrogens with one attached hydrogen (secondary N) is 2. The van der Waals surface area contributed by atoms with Gasteiger partial charge in [-0.2, -0.15) is 0 Å². The number of halogens is 1. The van der Waals surface area contributed by atoms with E-state index in [9.17, 15) is 4.79 Å². The smallest absolute Gasteiger partial charge is 0.265 e. The molecule has 0 aliphatic carbocycles. The van der Waals surface area contributed by atoms with Crippen molar-refractivity contribution in [2.75, 3.05) is 33.4 Å². The quantitative estimate of drug-likeness (QED) is 0.636. The van der Waals surface area contributed by atoms with Gasteiger partial charge in [0, 0.05) is 32.3 Å². The van der Waals surface area contributed by atoms with E-state index in [4.69, 9.17) is 9.47 Å². The summed E-state index contributed by atoms with van der Waals surface area (Å²) in [6.07, 6.45) is -0.674. The maximum absolute atomic E-state index is 12.5. The van der Waals surface area contributed by atoms with Crippen molar-refractivity contribution in [2.45, 2.75) is 6.10 Å². The van der Waals surface area contributed by atoms with Crippen LogP contribution in [0.4, 0.5) is 0 Å². The van der Waals surface area contributed by atoms with E-state index in [0.717, 1.165) is 12.1 Å². The molecule has 2 aromatic carbocycles. The van der Waals surface area contributed by atoms with E-state index in [0.29, 0.717) is 25.4 Å². The van der Waals surface area contributed by atoms with Gasteiger partial charge in [0.2, 0.25) is 6.10 Å². The van der Waals surface area contributed by atoms with E-state index in [1.807, 2.05) is 60.7 Å². The lowest BCUT2D eigenvalue weighted by atomic mass is 10.1. The molecule has 0 aromatic heterocycles. The van der Waals surface area contributed by atoms with Gasteiger partial charge in [-0.05, 0) is 12.1 Å². The number of rotatable bonds is 10. The Hall–Kier alpha value is -2.08. The molecule has 136 valence electrons. The zero-order valence-electron chi connectivity index (χ0n) is 14.3. The Kier molecular flexibility index (Phi) is 10.3. The van der Waals surface area contributed by atoms with Gasteiger partial charge in [-0.3, -0.25) is 4.79 Å². The van der Waals surface area contributed by atoms with Crippen LogP contribution in [0.25, 0.3) is 0 Å².